The first-order valence-electron chi connectivity index (χ1n) is 12.0. The predicted molar refractivity (Wildman–Crippen MR) is 140 cm³/mol. The summed E-state index contributed by atoms with van der Waals surface area (Å²) in [5, 5.41) is 0. The molecular weight excluding hydrogens is 529 g/mol. The Bertz CT molecular complexity index is 1510. The molecule has 0 aliphatic carbocycles. The van der Waals surface area contributed by atoms with E-state index in [1.807, 2.05) is 12.1 Å². The fourth-order valence-electron chi connectivity index (χ4n) is 3.91. The van der Waals surface area contributed by atoms with Crippen LogP contribution in [0.25, 0.3) is 11.1 Å². The van der Waals surface area contributed by atoms with Gasteiger partial charge in [-0.15, -0.1) is 0 Å². The summed E-state index contributed by atoms with van der Waals surface area (Å²) in [6, 6.07) is 21.1. The number of hydrogen-bond donors (Lipinski definition) is 0. The zero-order valence-electron chi connectivity index (χ0n) is 20.9. The van der Waals surface area contributed by atoms with Gasteiger partial charge in [-0.2, -0.15) is 17.5 Å². The number of benzene rings is 3. The largest absolute Gasteiger partial charge is 0.462 e. The van der Waals surface area contributed by atoms with Crippen molar-refractivity contribution in [1.29, 1.82) is 0 Å². The average Bonchev–Trinajstić information content (AvgIpc) is 2.93. The van der Waals surface area contributed by atoms with E-state index in [2.05, 4.69) is 4.98 Å². The maximum absolute atomic E-state index is 13.5. The molecule has 0 saturated carbocycles. The Labute approximate surface area is 224 Å². The van der Waals surface area contributed by atoms with E-state index in [9.17, 15) is 26.4 Å². The van der Waals surface area contributed by atoms with Crippen LogP contribution in [0.3, 0.4) is 0 Å². The lowest BCUT2D eigenvalue weighted by atomic mass is 10.0. The number of esters is 1. The van der Waals surface area contributed by atoms with Crippen molar-refractivity contribution in [2.75, 3.05) is 6.61 Å². The van der Waals surface area contributed by atoms with Crippen LogP contribution in [0.15, 0.2) is 102 Å². The van der Waals surface area contributed by atoms with Gasteiger partial charge in [0.05, 0.1) is 22.6 Å². The Balaban J connectivity index is 1.58. The number of carbonyl (C=O) groups excluding carboxylic acids is 1. The van der Waals surface area contributed by atoms with Gasteiger partial charge in [-0.1, -0.05) is 42.5 Å². The third-order valence-corrected chi connectivity index (χ3v) is 7.75. The number of pyridine rings is 1. The maximum Gasteiger partial charge on any atom is 0.416 e. The van der Waals surface area contributed by atoms with Crippen LogP contribution in [-0.2, 0) is 34.0 Å². The molecule has 3 aromatic carbocycles. The molecule has 0 amide bonds. The SMILES string of the molecule is CCOC(=O)c1ccc(-c2ccc(CN(Cc3cccnc3)S(=O)(=O)c3ccc(C(F)(F)F)cc3)cc2)cc1. The van der Waals surface area contributed by atoms with Crippen LogP contribution in [0.5, 0.6) is 0 Å². The third kappa shape index (κ3) is 6.90. The highest BCUT2D eigenvalue weighted by Gasteiger charge is 2.32. The van der Waals surface area contributed by atoms with E-state index in [0.29, 0.717) is 16.7 Å². The van der Waals surface area contributed by atoms with Crippen LogP contribution in [0.4, 0.5) is 13.2 Å². The first-order chi connectivity index (χ1) is 18.6. The van der Waals surface area contributed by atoms with Gasteiger partial charge in [-0.3, -0.25) is 4.98 Å². The summed E-state index contributed by atoms with van der Waals surface area (Å²) >= 11 is 0. The molecule has 6 nitrogen and oxygen atoms in total. The second-order valence-electron chi connectivity index (χ2n) is 8.65. The van der Waals surface area contributed by atoms with Crippen molar-refractivity contribution in [3.63, 3.8) is 0 Å². The van der Waals surface area contributed by atoms with E-state index in [0.717, 1.165) is 35.4 Å². The first kappa shape index (κ1) is 28.0. The van der Waals surface area contributed by atoms with Crippen molar-refractivity contribution < 1.29 is 31.1 Å². The number of halogens is 3. The molecule has 0 spiro atoms. The number of carbonyl (C=O) groups is 1. The summed E-state index contributed by atoms with van der Waals surface area (Å²) in [5.74, 6) is -0.401. The van der Waals surface area contributed by atoms with Gasteiger partial charge in [0.25, 0.3) is 0 Å². The lowest BCUT2D eigenvalue weighted by Gasteiger charge is -2.23. The Kier molecular flexibility index (Phi) is 8.47. The molecule has 0 bridgehead atoms. The van der Waals surface area contributed by atoms with Gasteiger partial charge in [0, 0.05) is 25.5 Å². The third-order valence-electron chi connectivity index (χ3n) is 5.94. The van der Waals surface area contributed by atoms with Crippen LogP contribution in [-0.4, -0.2) is 30.3 Å². The van der Waals surface area contributed by atoms with Gasteiger partial charge in [0.1, 0.15) is 0 Å². The molecule has 1 aromatic heterocycles. The minimum absolute atomic E-state index is 0.0136. The van der Waals surface area contributed by atoms with Crippen LogP contribution < -0.4 is 0 Å². The number of aromatic nitrogens is 1. The Hall–Kier alpha value is -4.02. The smallest absolute Gasteiger partial charge is 0.416 e. The van der Waals surface area contributed by atoms with Crippen LogP contribution >= 0.6 is 0 Å². The van der Waals surface area contributed by atoms with E-state index >= 15 is 0 Å². The van der Waals surface area contributed by atoms with Gasteiger partial charge < -0.3 is 4.74 Å². The minimum Gasteiger partial charge on any atom is -0.462 e. The highest BCUT2D eigenvalue weighted by Crippen LogP contribution is 2.31. The monoisotopic (exact) mass is 554 g/mol. The molecule has 0 radical (unpaired) electrons. The van der Waals surface area contributed by atoms with Crippen molar-refractivity contribution in [2.45, 2.75) is 31.1 Å². The molecule has 0 saturated heterocycles. The standard InChI is InChI=1S/C29H25F3N2O4S/c1-2-38-28(35)25-11-9-24(10-12-25)23-7-5-21(6-8-23)19-34(20-22-4-3-17-33-18-22)39(36,37)27-15-13-26(14-16-27)29(30,31)32/h3-18H,2,19-20H2,1H3. The summed E-state index contributed by atoms with van der Waals surface area (Å²) in [7, 11) is -4.15. The fourth-order valence-corrected chi connectivity index (χ4v) is 5.32. The van der Waals surface area contributed by atoms with Gasteiger partial charge in [-0.25, -0.2) is 13.2 Å². The lowest BCUT2D eigenvalue weighted by Crippen LogP contribution is -2.30. The van der Waals surface area contributed by atoms with E-state index in [1.54, 1.807) is 67.8 Å². The van der Waals surface area contributed by atoms with Crippen molar-refractivity contribution in [2.24, 2.45) is 0 Å². The van der Waals surface area contributed by atoms with Crippen molar-refractivity contribution in [3.8, 4) is 11.1 Å². The van der Waals surface area contributed by atoms with E-state index < -0.39 is 27.7 Å². The molecule has 4 aromatic rings. The van der Waals surface area contributed by atoms with Gasteiger partial charge >= 0.3 is 12.1 Å². The molecule has 39 heavy (non-hydrogen) atoms. The topological polar surface area (TPSA) is 76.6 Å². The second kappa shape index (κ2) is 11.8. The zero-order valence-corrected chi connectivity index (χ0v) is 21.7. The highest BCUT2D eigenvalue weighted by molar-refractivity contribution is 7.89. The summed E-state index contributed by atoms with van der Waals surface area (Å²) in [6.07, 6.45) is -1.47. The van der Waals surface area contributed by atoms with Gasteiger partial charge in [0.2, 0.25) is 10.0 Å². The number of nitrogens with zero attached hydrogens (tertiary/aromatic N) is 2. The summed E-state index contributed by atoms with van der Waals surface area (Å²) in [5.41, 5.74) is 2.55. The minimum atomic E-state index is -4.57. The number of sulfonamides is 1. The van der Waals surface area contributed by atoms with Crippen molar-refractivity contribution in [3.05, 3.63) is 120 Å². The Morgan fingerprint density at radius 1 is 0.846 bits per heavy atom. The Morgan fingerprint density at radius 2 is 1.44 bits per heavy atom. The quantitative estimate of drug-likeness (QED) is 0.226. The predicted octanol–water partition coefficient (Wildman–Crippen LogP) is 6.34. The highest BCUT2D eigenvalue weighted by atomic mass is 32.2. The van der Waals surface area contributed by atoms with Gasteiger partial charge in [0.15, 0.2) is 0 Å². The average molecular weight is 555 g/mol. The molecule has 4 rings (SSSR count). The Morgan fingerprint density at radius 3 is 1.97 bits per heavy atom. The molecule has 0 N–H and O–H groups in total. The zero-order chi connectivity index (χ0) is 28.0. The number of hydrogen-bond acceptors (Lipinski definition) is 5. The second-order valence-corrected chi connectivity index (χ2v) is 10.6. The number of rotatable bonds is 9. The molecule has 0 atom stereocenters. The molecular formula is C29H25F3N2O4S. The van der Waals surface area contributed by atoms with Crippen molar-refractivity contribution in [1.82, 2.24) is 9.29 Å². The molecule has 0 aliphatic rings. The lowest BCUT2D eigenvalue weighted by molar-refractivity contribution is -0.137. The number of ether oxygens (including phenoxy) is 1. The maximum atomic E-state index is 13.5. The van der Waals surface area contributed by atoms with Crippen LogP contribution in [0.2, 0.25) is 0 Å². The van der Waals surface area contributed by atoms with Gasteiger partial charge in [-0.05, 0) is 71.6 Å². The van der Waals surface area contributed by atoms with Crippen LogP contribution in [0, 0.1) is 0 Å². The van der Waals surface area contributed by atoms with E-state index in [-0.39, 0.29) is 24.6 Å². The van der Waals surface area contributed by atoms with E-state index in [4.69, 9.17) is 4.74 Å². The first-order valence-corrected chi connectivity index (χ1v) is 13.4. The summed E-state index contributed by atoms with van der Waals surface area (Å²) in [4.78, 5) is 15.7. The molecule has 0 unspecified atom stereocenters. The summed E-state index contributed by atoms with van der Waals surface area (Å²) < 4.78 is 72.2. The molecule has 1 heterocycles. The normalized spacial score (nSPS) is 11.9. The fraction of sp³-hybridized carbons (Fsp3) is 0.172. The van der Waals surface area contributed by atoms with E-state index in [1.165, 1.54) is 4.31 Å². The molecule has 10 heteroatoms. The molecule has 0 fully saturated rings. The molecule has 202 valence electrons. The molecule has 0 aliphatic heterocycles. The number of alkyl halides is 3. The van der Waals surface area contributed by atoms with Crippen LogP contribution in [0.1, 0.15) is 34.0 Å². The summed E-state index contributed by atoms with van der Waals surface area (Å²) in [6.45, 7) is 1.99. The van der Waals surface area contributed by atoms with Crippen molar-refractivity contribution >= 4 is 16.0 Å².